The summed E-state index contributed by atoms with van der Waals surface area (Å²) in [5.41, 5.74) is 2.22. The zero-order valence-corrected chi connectivity index (χ0v) is 9.60. The van der Waals surface area contributed by atoms with Crippen LogP contribution in [0.4, 0.5) is 5.69 Å². The standard InChI is InChI=1S/C13H13NO3/c1-9-3-4-10(2)13(9)17-12-7-5-11(6-8-12)14(15)16/h5-8H,1,3-4H2,2H3. The Labute approximate surface area is 99.4 Å². The Balaban J connectivity index is 2.17. The molecule has 4 heteroatoms. The molecule has 0 saturated heterocycles. The lowest BCUT2D eigenvalue weighted by Gasteiger charge is -2.08. The normalized spacial score (nSPS) is 15.2. The molecule has 17 heavy (non-hydrogen) atoms. The van der Waals surface area contributed by atoms with Crippen LogP contribution in [0, 0.1) is 10.1 Å². The molecule has 0 bridgehead atoms. The number of nitro benzene ring substituents is 1. The number of hydrogen-bond donors (Lipinski definition) is 0. The van der Waals surface area contributed by atoms with Crippen molar-refractivity contribution in [1.82, 2.24) is 0 Å². The molecule has 88 valence electrons. The summed E-state index contributed by atoms with van der Waals surface area (Å²) in [5, 5.41) is 10.5. The monoisotopic (exact) mass is 231 g/mol. The third kappa shape index (κ3) is 2.36. The van der Waals surface area contributed by atoms with Crippen LogP contribution >= 0.6 is 0 Å². The van der Waals surface area contributed by atoms with E-state index in [2.05, 4.69) is 6.58 Å². The number of ether oxygens (including phenoxy) is 1. The van der Waals surface area contributed by atoms with Gasteiger partial charge in [0.2, 0.25) is 0 Å². The van der Waals surface area contributed by atoms with Crippen LogP contribution in [-0.4, -0.2) is 4.92 Å². The highest BCUT2D eigenvalue weighted by molar-refractivity contribution is 5.41. The molecule has 1 aliphatic rings. The summed E-state index contributed by atoms with van der Waals surface area (Å²) in [7, 11) is 0. The van der Waals surface area contributed by atoms with Crippen molar-refractivity contribution in [3.05, 3.63) is 57.9 Å². The summed E-state index contributed by atoms with van der Waals surface area (Å²) in [4.78, 5) is 10.1. The lowest BCUT2D eigenvalue weighted by atomic mass is 10.2. The van der Waals surface area contributed by atoms with Crippen LogP contribution in [0.1, 0.15) is 19.8 Å². The van der Waals surface area contributed by atoms with E-state index in [1.807, 2.05) is 6.92 Å². The lowest BCUT2D eigenvalue weighted by Crippen LogP contribution is -1.96. The minimum absolute atomic E-state index is 0.0632. The van der Waals surface area contributed by atoms with Crippen molar-refractivity contribution in [3.63, 3.8) is 0 Å². The molecule has 1 aromatic rings. The Kier molecular flexibility index (Phi) is 2.95. The highest BCUT2D eigenvalue weighted by Crippen LogP contribution is 2.32. The predicted octanol–water partition coefficient (Wildman–Crippen LogP) is 3.60. The van der Waals surface area contributed by atoms with Gasteiger partial charge < -0.3 is 4.74 Å². The second-order valence-corrected chi connectivity index (χ2v) is 4.07. The van der Waals surface area contributed by atoms with E-state index in [0.29, 0.717) is 5.75 Å². The zero-order valence-electron chi connectivity index (χ0n) is 9.60. The number of nitro groups is 1. The van der Waals surface area contributed by atoms with Crippen molar-refractivity contribution in [3.8, 4) is 5.75 Å². The van der Waals surface area contributed by atoms with Gasteiger partial charge in [-0.05, 0) is 43.0 Å². The number of non-ortho nitro benzene ring substituents is 1. The van der Waals surface area contributed by atoms with E-state index in [0.717, 1.165) is 24.2 Å². The molecule has 0 N–H and O–H groups in total. The Morgan fingerprint density at radius 2 is 1.94 bits per heavy atom. The van der Waals surface area contributed by atoms with Gasteiger partial charge in [0, 0.05) is 12.1 Å². The molecule has 0 heterocycles. The first kappa shape index (κ1) is 11.4. The fourth-order valence-corrected chi connectivity index (χ4v) is 1.78. The fourth-order valence-electron chi connectivity index (χ4n) is 1.78. The Hall–Kier alpha value is -2.10. The first-order valence-electron chi connectivity index (χ1n) is 5.38. The fraction of sp³-hybridized carbons (Fsp3) is 0.231. The molecule has 0 unspecified atom stereocenters. The molecule has 0 atom stereocenters. The van der Waals surface area contributed by atoms with Crippen molar-refractivity contribution >= 4 is 5.69 Å². The molecule has 4 nitrogen and oxygen atoms in total. The van der Waals surface area contributed by atoms with Gasteiger partial charge in [-0.25, -0.2) is 0 Å². The maximum absolute atomic E-state index is 10.5. The van der Waals surface area contributed by atoms with Crippen molar-refractivity contribution in [2.75, 3.05) is 0 Å². The van der Waals surface area contributed by atoms with Crippen molar-refractivity contribution in [2.45, 2.75) is 19.8 Å². The maximum atomic E-state index is 10.5. The summed E-state index contributed by atoms with van der Waals surface area (Å²) in [6.07, 6.45) is 1.90. The molecule has 0 spiro atoms. The van der Waals surface area contributed by atoms with Crippen LogP contribution in [0.5, 0.6) is 5.75 Å². The molecule has 0 saturated carbocycles. The van der Waals surface area contributed by atoms with E-state index in [4.69, 9.17) is 4.74 Å². The minimum atomic E-state index is -0.428. The van der Waals surface area contributed by atoms with Gasteiger partial charge in [-0.15, -0.1) is 0 Å². The van der Waals surface area contributed by atoms with E-state index in [1.165, 1.54) is 17.7 Å². The highest BCUT2D eigenvalue weighted by atomic mass is 16.6. The first-order valence-corrected chi connectivity index (χ1v) is 5.38. The molecule has 1 aliphatic carbocycles. The third-order valence-corrected chi connectivity index (χ3v) is 2.78. The first-order chi connectivity index (χ1) is 8.08. The Bertz CT molecular complexity index is 500. The Morgan fingerprint density at radius 3 is 2.41 bits per heavy atom. The highest BCUT2D eigenvalue weighted by Gasteiger charge is 2.17. The summed E-state index contributed by atoms with van der Waals surface area (Å²) in [6.45, 7) is 5.95. The Morgan fingerprint density at radius 1 is 1.29 bits per heavy atom. The molecule has 0 aliphatic heterocycles. The van der Waals surface area contributed by atoms with E-state index in [-0.39, 0.29) is 5.69 Å². The van der Waals surface area contributed by atoms with E-state index >= 15 is 0 Å². The number of allylic oxidation sites excluding steroid dienone is 2. The number of nitrogens with zero attached hydrogens (tertiary/aromatic N) is 1. The van der Waals surface area contributed by atoms with Gasteiger partial charge in [0.05, 0.1) is 4.92 Å². The second kappa shape index (κ2) is 4.41. The smallest absolute Gasteiger partial charge is 0.269 e. The van der Waals surface area contributed by atoms with Crippen LogP contribution in [0.2, 0.25) is 0 Å². The van der Waals surface area contributed by atoms with Crippen molar-refractivity contribution in [2.24, 2.45) is 0 Å². The second-order valence-electron chi connectivity index (χ2n) is 4.07. The van der Waals surface area contributed by atoms with Crippen LogP contribution in [-0.2, 0) is 0 Å². The van der Waals surface area contributed by atoms with Crippen molar-refractivity contribution in [1.29, 1.82) is 0 Å². The average molecular weight is 231 g/mol. The molecular weight excluding hydrogens is 218 g/mol. The van der Waals surface area contributed by atoms with Gasteiger partial charge in [0.15, 0.2) is 0 Å². The van der Waals surface area contributed by atoms with Crippen LogP contribution in [0.15, 0.2) is 47.7 Å². The summed E-state index contributed by atoms with van der Waals surface area (Å²) in [6, 6.07) is 6.07. The number of hydrogen-bond acceptors (Lipinski definition) is 3. The predicted molar refractivity (Wildman–Crippen MR) is 64.8 cm³/mol. The van der Waals surface area contributed by atoms with E-state index in [1.54, 1.807) is 12.1 Å². The molecule has 0 amide bonds. The summed E-state index contributed by atoms with van der Waals surface area (Å²) in [5.74, 6) is 1.42. The number of benzene rings is 1. The van der Waals surface area contributed by atoms with Crippen LogP contribution < -0.4 is 4.74 Å². The van der Waals surface area contributed by atoms with Crippen molar-refractivity contribution < 1.29 is 9.66 Å². The van der Waals surface area contributed by atoms with Crippen LogP contribution in [0.25, 0.3) is 0 Å². The molecule has 0 radical (unpaired) electrons. The molecule has 2 rings (SSSR count). The van der Waals surface area contributed by atoms with Gasteiger partial charge in [-0.2, -0.15) is 0 Å². The van der Waals surface area contributed by atoms with E-state index < -0.39 is 4.92 Å². The summed E-state index contributed by atoms with van der Waals surface area (Å²) >= 11 is 0. The van der Waals surface area contributed by atoms with Gasteiger partial charge in [0.1, 0.15) is 11.5 Å². The molecule has 0 aromatic heterocycles. The van der Waals surface area contributed by atoms with Gasteiger partial charge >= 0.3 is 0 Å². The molecule has 0 fully saturated rings. The molecule has 1 aromatic carbocycles. The topological polar surface area (TPSA) is 52.4 Å². The maximum Gasteiger partial charge on any atom is 0.269 e. The third-order valence-electron chi connectivity index (χ3n) is 2.78. The summed E-state index contributed by atoms with van der Waals surface area (Å²) < 4.78 is 5.69. The molecular formula is C13H13NO3. The SMILES string of the molecule is C=C1CCC(C)=C1Oc1ccc([N+](=O)[O-])cc1. The van der Waals surface area contributed by atoms with Gasteiger partial charge in [-0.3, -0.25) is 10.1 Å². The average Bonchev–Trinajstić information content (AvgIpc) is 2.61. The van der Waals surface area contributed by atoms with E-state index in [9.17, 15) is 10.1 Å². The largest absolute Gasteiger partial charge is 0.457 e. The lowest BCUT2D eigenvalue weighted by molar-refractivity contribution is -0.384. The quantitative estimate of drug-likeness (QED) is 0.590. The zero-order chi connectivity index (χ0) is 12.4. The minimum Gasteiger partial charge on any atom is -0.457 e. The van der Waals surface area contributed by atoms with Gasteiger partial charge in [0.25, 0.3) is 5.69 Å². The van der Waals surface area contributed by atoms with Gasteiger partial charge in [-0.1, -0.05) is 6.58 Å². The number of rotatable bonds is 3. The van der Waals surface area contributed by atoms with Crippen LogP contribution in [0.3, 0.4) is 0 Å².